The predicted octanol–water partition coefficient (Wildman–Crippen LogP) is 4.58. The molecule has 0 bridgehead atoms. The molecule has 0 aromatic heterocycles. The molecule has 0 saturated heterocycles. The van der Waals surface area contributed by atoms with E-state index in [1.807, 2.05) is 30.8 Å². The maximum atomic E-state index is 6.06. The molecule has 0 spiro atoms. The second kappa shape index (κ2) is 6.66. The topological polar surface area (TPSA) is 12.0 Å². The zero-order valence-corrected chi connectivity index (χ0v) is 12.1. The van der Waals surface area contributed by atoms with Crippen LogP contribution in [0.25, 0.3) is 0 Å². The Balaban J connectivity index is 2.57. The van der Waals surface area contributed by atoms with E-state index in [1.54, 1.807) is 0 Å². The van der Waals surface area contributed by atoms with Gasteiger partial charge in [-0.15, -0.1) is 0 Å². The molecule has 0 aliphatic carbocycles. The van der Waals surface area contributed by atoms with Crippen molar-refractivity contribution in [1.29, 1.82) is 0 Å². The average Bonchev–Trinajstić information content (AvgIpc) is 2.20. The summed E-state index contributed by atoms with van der Waals surface area (Å²) < 4.78 is 1.07. The Morgan fingerprint density at radius 2 is 2.20 bits per heavy atom. The molecule has 1 aromatic rings. The summed E-state index contributed by atoms with van der Waals surface area (Å²) in [7, 11) is 0. The molecule has 0 heterocycles. The standard InChI is InChI=1S/C11H15BrClNS/c1-3-15-5-4-14-11-7-10(13)8(2)6-9(11)12/h6-7,14H,3-5H2,1-2H3. The van der Waals surface area contributed by atoms with E-state index in [2.05, 4.69) is 28.2 Å². The number of anilines is 1. The van der Waals surface area contributed by atoms with Crippen molar-refractivity contribution in [1.82, 2.24) is 0 Å². The monoisotopic (exact) mass is 307 g/mol. The van der Waals surface area contributed by atoms with Crippen LogP contribution in [0.4, 0.5) is 5.69 Å². The Kier molecular flexibility index (Phi) is 5.87. The highest BCUT2D eigenvalue weighted by Gasteiger charge is 2.03. The molecule has 0 unspecified atom stereocenters. The van der Waals surface area contributed by atoms with Crippen molar-refractivity contribution in [2.45, 2.75) is 13.8 Å². The van der Waals surface area contributed by atoms with E-state index < -0.39 is 0 Å². The summed E-state index contributed by atoms with van der Waals surface area (Å²) in [6, 6.07) is 4.01. The number of thioether (sulfide) groups is 1. The third kappa shape index (κ3) is 4.25. The highest BCUT2D eigenvalue weighted by atomic mass is 79.9. The molecule has 0 amide bonds. The SMILES string of the molecule is CCSCCNc1cc(Cl)c(C)cc1Br. The molecule has 0 aliphatic heterocycles. The highest BCUT2D eigenvalue weighted by molar-refractivity contribution is 9.10. The van der Waals surface area contributed by atoms with Crippen molar-refractivity contribution in [2.24, 2.45) is 0 Å². The number of hydrogen-bond acceptors (Lipinski definition) is 2. The van der Waals surface area contributed by atoms with Crippen molar-refractivity contribution >= 4 is 45.0 Å². The fraction of sp³-hybridized carbons (Fsp3) is 0.455. The average molecular weight is 309 g/mol. The van der Waals surface area contributed by atoms with Crippen LogP contribution in [0.1, 0.15) is 12.5 Å². The Hall–Kier alpha value is 0.140. The van der Waals surface area contributed by atoms with Gasteiger partial charge in [0.1, 0.15) is 0 Å². The first-order chi connectivity index (χ1) is 7.15. The molecule has 15 heavy (non-hydrogen) atoms. The molecule has 1 rings (SSSR count). The minimum atomic E-state index is 0.809. The summed E-state index contributed by atoms with van der Waals surface area (Å²) in [5.74, 6) is 2.28. The second-order valence-electron chi connectivity index (χ2n) is 3.20. The second-order valence-corrected chi connectivity index (χ2v) is 5.86. The van der Waals surface area contributed by atoms with Gasteiger partial charge in [0.2, 0.25) is 0 Å². The zero-order chi connectivity index (χ0) is 11.3. The van der Waals surface area contributed by atoms with Gasteiger partial charge >= 0.3 is 0 Å². The van der Waals surface area contributed by atoms with Crippen LogP contribution in [0.3, 0.4) is 0 Å². The van der Waals surface area contributed by atoms with Gasteiger partial charge in [0.25, 0.3) is 0 Å². The van der Waals surface area contributed by atoms with Crippen LogP contribution < -0.4 is 5.32 Å². The quantitative estimate of drug-likeness (QED) is 0.799. The van der Waals surface area contributed by atoms with E-state index >= 15 is 0 Å². The molecule has 1 nitrogen and oxygen atoms in total. The number of hydrogen-bond donors (Lipinski definition) is 1. The molecule has 0 saturated carbocycles. The van der Waals surface area contributed by atoms with Crippen LogP contribution in [0, 0.1) is 6.92 Å². The van der Waals surface area contributed by atoms with Crippen molar-refractivity contribution < 1.29 is 0 Å². The van der Waals surface area contributed by atoms with Crippen LogP contribution in [0.15, 0.2) is 16.6 Å². The van der Waals surface area contributed by atoms with E-state index in [4.69, 9.17) is 11.6 Å². The van der Waals surface area contributed by atoms with Gasteiger partial charge in [0.05, 0.1) is 0 Å². The molecule has 0 aliphatic rings. The van der Waals surface area contributed by atoms with Gasteiger partial charge in [-0.05, 0) is 46.3 Å². The summed E-state index contributed by atoms with van der Waals surface area (Å²) in [5.41, 5.74) is 2.17. The lowest BCUT2D eigenvalue weighted by Crippen LogP contribution is -2.05. The number of rotatable bonds is 5. The first kappa shape index (κ1) is 13.2. The van der Waals surface area contributed by atoms with Gasteiger partial charge in [-0.2, -0.15) is 11.8 Å². The van der Waals surface area contributed by atoms with Crippen LogP contribution in [0.5, 0.6) is 0 Å². The fourth-order valence-corrected chi connectivity index (χ4v) is 2.48. The van der Waals surface area contributed by atoms with Crippen molar-refractivity contribution in [3.63, 3.8) is 0 Å². The van der Waals surface area contributed by atoms with Gasteiger partial charge in [-0.3, -0.25) is 0 Å². The summed E-state index contributed by atoms with van der Waals surface area (Å²) in [4.78, 5) is 0. The van der Waals surface area contributed by atoms with E-state index in [-0.39, 0.29) is 0 Å². The first-order valence-electron chi connectivity index (χ1n) is 4.92. The maximum absolute atomic E-state index is 6.06. The van der Waals surface area contributed by atoms with Gasteiger partial charge < -0.3 is 5.32 Å². The molecular weight excluding hydrogens is 294 g/mol. The van der Waals surface area contributed by atoms with Gasteiger partial charge in [-0.1, -0.05) is 18.5 Å². The lowest BCUT2D eigenvalue weighted by molar-refractivity contribution is 1.22. The van der Waals surface area contributed by atoms with Crippen molar-refractivity contribution in [2.75, 3.05) is 23.4 Å². The summed E-state index contributed by atoms with van der Waals surface area (Å²) in [5, 5.41) is 4.17. The normalized spacial score (nSPS) is 10.4. The van der Waals surface area contributed by atoms with E-state index in [0.29, 0.717) is 0 Å². The minimum absolute atomic E-state index is 0.809. The van der Waals surface area contributed by atoms with Crippen LogP contribution in [0.2, 0.25) is 5.02 Å². The molecule has 0 fully saturated rings. The maximum Gasteiger partial charge on any atom is 0.0500 e. The molecular formula is C11H15BrClNS. The Morgan fingerprint density at radius 3 is 2.87 bits per heavy atom. The molecule has 1 N–H and O–H groups in total. The number of aryl methyl sites for hydroxylation is 1. The fourth-order valence-electron chi connectivity index (χ4n) is 1.18. The highest BCUT2D eigenvalue weighted by Crippen LogP contribution is 2.28. The Labute approximate surface area is 109 Å². The molecule has 0 atom stereocenters. The molecule has 4 heteroatoms. The largest absolute Gasteiger partial charge is 0.383 e. The van der Waals surface area contributed by atoms with Crippen LogP contribution in [-0.4, -0.2) is 18.1 Å². The molecule has 84 valence electrons. The number of nitrogens with one attached hydrogen (secondary N) is 1. The van der Waals surface area contributed by atoms with Gasteiger partial charge in [-0.25, -0.2) is 0 Å². The van der Waals surface area contributed by atoms with E-state index in [1.165, 1.54) is 0 Å². The predicted molar refractivity (Wildman–Crippen MR) is 75.4 cm³/mol. The zero-order valence-electron chi connectivity index (χ0n) is 8.94. The smallest absolute Gasteiger partial charge is 0.0500 e. The van der Waals surface area contributed by atoms with E-state index in [9.17, 15) is 0 Å². The van der Waals surface area contributed by atoms with Crippen molar-refractivity contribution in [3.8, 4) is 0 Å². The summed E-state index contributed by atoms with van der Waals surface area (Å²) >= 11 is 11.5. The number of benzene rings is 1. The lowest BCUT2D eigenvalue weighted by atomic mass is 10.2. The Bertz CT molecular complexity index is 331. The molecule has 0 radical (unpaired) electrons. The van der Waals surface area contributed by atoms with Crippen molar-refractivity contribution in [3.05, 3.63) is 27.2 Å². The third-order valence-corrected chi connectivity index (χ3v) is 3.98. The summed E-state index contributed by atoms with van der Waals surface area (Å²) in [6.07, 6.45) is 0. The summed E-state index contributed by atoms with van der Waals surface area (Å²) in [6.45, 7) is 5.14. The van der Waals surface area contributed by atoms with E-state index in [0.717, 1.165) is 38.8 Å². The van der Waals surface area contributed by atoms with Gasteiger partial charge in [0.15, 0.2) is 0 Å². The van der Waals surface area contributed by atoms with Crippen LogP contribution in [-0.2, 0) is 0 Å². The third-order valence-electron chi connectivity index (χ3n) is 2.01. The van der Waals surface area contributed by atoms with Crippen LogP contribution >= 0.6 is 39.3 Å². The van der Waals surface area contributed by atoms with Gasteiger partial charge in [0, 0.05) is 27.5 Å². The lowest BCUT2D eigenvalue weighted by Gasteiger charge is -2.10. The minimum Gasteiger partial charge on any atom is -0.383 e. The number of halogens is 2. The molecule has 1 aromatic carbocycles. The Morgan fingerprint density at radius 1 is 1.47 bits per heavy atom. The first-order valence-corrected chi connectivity index (χ1v) is 7.25.